The minimum absolute atomic E-state index is 0.0586. The van der Waals surface area contributed by atoms with Gasteiger partial charge in [-0.3, -0.25) is 14.9 Å². The first-order valence-electron chi connectivity index (χ1n) is 7.23. The van der Waals surface area contributed by atoms with Gasteiger partial charge in [-0.05, 0) is 25.1 Å². The third-order valence-electron chi connectivity index (χ3n) is 3.54. The van der Waals surface area contributed by atoms with E-state index in [1.807, 2.05) is 6.92 Å². The van der Waals surface area contributed by atoms with Crippen molar-refractivity contribution >= 4 is 56.3 Å². The van der Waals surface area contributed by atoms with Crippen molar-refractivity contribution in [1.82, 2.24) is 4.57 Å². The third kappa shape index (κ3) is 3.30. The lowest BCUT2D eigenvalue weighted by Gasteiger charge is -2.03. The lowest BCUT2D eigenvalue weighted by atomic mass is 10.2. The second-order valence-electron chi connectivity index (χ2n) is 5.05. The lowest BCUT2D eigenvalue weighted by Crippen LogP contribution is -2.16. The average molecular weight is 396 g/mol. The molecular formula is C16H11Cl2N3O3S. The number of nitro benzene ring substituents is 1. The summed E-state index contributed by atoms with van der Waals surface area (Å²) in [5, 5.41) is 12.0. The fourth-order valence-electron chi connectivity index (χ4n) is 2.47. The molecule has 25 heavy (non-hydrogen) atoms. The SMILES string of the molecule is CCn1c(=NC(=O)c2ccccc2[N+](=O)[O-])sc2cc(Cl)cc(Cl)c21. The molecule has 1 aromatic heterocycles. The number of para-hydroxylation sites is 1. The Kier molecular flexibility index (Phi) is 4.89. The number of thiazole rings is 1. The predicted molar refractivity (Wildman–Crippen MR) is 98.5 cm³/mol. The van der Waals surface area contributed by atoms with E-state index in [2.05, 4.69) is 4.99 Å². The van der Waals surface area contributed by atoms with Crippen molar-refractivity contribution in [3.05, 3.63) is 66.9 Å². The van der Waals surface area contributed by atoms with E-state index in [-0.39, 0.29) is 11.3 Å². The number of amides is 1. The Hall–Kier alpha value is -2.22. The normalized spacial score (nSPS) is 11.9. The summed E-state index contributed by atoms with van der Waals surface area (Å²) >= 11 is 13.5. The van der Waals surface area contributed by atoms with Crippen LogP contribution in [-0.2, 0) is 6.54 Å². The molecule has 0 saturated heterocycles. The molecule has 9 heteroatoms. The largest absolute Gasteiger partial charge is 0.315 e. The Bertz CT molecular complexity index is 1070. The summed E-state index contributed by atoms with van der Waals surface area (Å²) in [5.41, 5.74) is 0.394. The molecule has 6 nitrogen and oxygen atoms in total. The van der Waals surface area contributed by atoms with E-state index in [1.165, 1.54) is 29.5 Å². The standard InChI is InChI=1S/C16H11Cl2N3O3S/c1-2-20-14-11(18)7-9(17)8-13(14)25-16(20)19-15(22)10-5-3-4-6-12(10)21(23)24/h3-8H,2H2,1H3. The highest BCUT2D eigenvalue weighted by Gasteiger charge is 2.19. The first-order chi connectivity index (χ1) is 11.9. The molecule has 0 radical (unpaired) electrons. The highest BCUT2D eigenvalue weighted by atomic mass is 35.5. The van der Waals surface area contributed by atoms with E-state index in [9.17, 15) is 14.9 Å². The monoisotopic (exact) mass is 395 g/mol. The summed E-state index contributed by atoms with van der Waals surface area (Å²) < 4.78 is 2.57. The van der Waals surface area contributed by atoms with Gasteiger partial charge in [0.25, 0.3) is 11.6 Å². The fourth-order valence-corrected chi connectivity index (χ4v) is 4.34. The minimum Gasteiger partial charge on any atom is -0.315 e. The molecule has 128 valence electrons. The van der Waals surface area contributed by atoms with Crippen LogP contribution in [0.4, 0.5) is 5.69 Å². The van der Waals surface area contributed by atoms with Gasteiger partial charge in [-0.1, -0.05) is 46.7 Å². The molecule has 0 aliphatic rings. The second kappa shape index (κ2) is 6.95. The van der Waals surface area contributed by atoms with Crippen LogP contribution in [0.25, 0.3) is 10.2 Å². The molecule has 1 amide bonds. The molecule has 0 saturated carbocycles. The number of halogens is 2. The second-order valence-corrected chi connectivity index (χ2v) is 6.91. The molecule has 0 spiro atoms. The van der Waals surface area contributed by atoms with Crippen molar-refractivity contribution in [3.63, 3.8) is 0 Å². The maximum absolute atomic E-state index is 12.5. The number of aryl methyl sites for hydroxylation is 1. The smallest absolute Gasteiger partial charge is 0.286 e. The van der Waals surface area contributed by atoms with Crippen LogP contribution in [0.3, 0.4) is 0 Å². The molecule has 3 rings (SSSR count). The fraction of sp³-hybridized carbons (Fsp3) is 0.125. The Labute approximate surface area is 156 Å². The van der Waals surface area contributed by atoms with Gasteiger partial charge < -0.3 is 4.57 Å². The number of nitro groups is 1. The average Bonchev–Trinajstić information content (AvgIpc) is 2.91. The highest BCUT2D eigenvalue weighted by molar-refractivity contribution is 7.16. The number of nitrogens with zero attached hydrogens (tertiary/aromatic N) is 3. The van der Waals surface area contributed by atoms with Gasteiger partial charge >= 0.3 is 0 Å². The van der Waals surface area contributed by atoms with Gasteiger partial charge in [-0.25, -0.2) is 0 Å². The van der Waals surface area contributed by atoms with Crippen LogP contribution < -0.4 is 4.80 Å². The van der Waals surface area contributed by atoms with Crippen LogP contribution in [0.5, 0.6) is 0 Å². The van der Waals surface area contributed by atoms with E-state index in [4.69, 9.17) is 23.2 Å². The molecule has 0 bridgehead atoms. The summed E-state index contributed by atoms with van der Waals surface area (Å²) in [6, 6.07) is 9.09. The van der Waals surface area contributed by atoms with Crippen LogP contribution >= 0.6 is 34.5 Å². The molecular weight excluding hydrogens is 385 g/mol. The van der Waals surface area contributed by atoms with E-state index in [1.54, 1.807) is 22.8 Å². The maximum atomic E-state index is 12.5. The molecule has 2 aromatic carbocycles. The first-order valence-corrected chi connectivity index (χ1v) is 8.80. The van der Waals surface area contributed by atoms with Gasteiger partial charge in [-0.2, -0.15) is 4.99 Å². The van der Waals surface area contributed by atoms with Gasteiger partial charge in [0.05, 0.1) is 20.2 Å². The molecule has 0 unspecified atom stereocenters. The summed E-state index contributed by atoms with van der Waals surface area (Å²) in [6.45, 7) is 2.43. The van der Waals surface area contributed by atoms with E-state index in [0.717, 1.165) is 10.2 Å². The van der Waals surface area contributed by atoms with Gasteiger partial charge in [-0.15, -0.1) is 0 Å². The zero-order valence-corrected chi connectivity index (χ0v) is 15.2. The molecule has 1 heterocycles. The number of fused-ring (bicyclic) bond motifs is 1. The summed E-state index contributed by atoms with van der Waals surface area (Å²) in [6.07, 6.45) is 0. The number of benzene rings is 2. The van der Waals surface area contributed by atoms with Crippen molar-refractivity contribution in [2.75, 3.05) is 0 Å². The van der Waals surface area contributed by atoms with Crippen molar-refractivity contribution in [1.29, 1.82) is 0 Å². The van der Waals surface area contributed by atoms with Gasteiger partial charge in [0.15, 0.2) is 4.80 Å². The van der Waals surface area contributed by atoms with E-state index >= 15 is 0 Å². The summed E-state index contributed by atoms with van der Waals surface area (Å²) in [5.74, 6) is -0.678. The number of hydrogen-bond acceptors (Lipinski definition) is 4. The molecule has 0 aliphatic heterocycles. The lowest BCUT2D eigenvalue weighted by molar-refractivity contribution is -0.385. The molecule has 0 aliphatic carbocycles. The predicted octanol–water partition coefficient (Wildman–Crippen LogP) is 4.68. The number of rotatable bonds is 3. The molecule has 0 atom stereocenters. The van der Waals surface area contributed by atoms with Crippen molar-refractivity contribution < 1.29 is 9.72 Å². The topological polar surface area (TPSA) is 77.5 Å². The zero-order valence-electron chi connectivity index (χ0n) is 12.9. The Balaban J connectivity index is 2.21. The Morgan fingerprint density at radius 2 is 2.04 bits per heavy atom. The Morgan fingerprint density at radius 1 is 1.32 bits per heavy atom. The van der Waals surface area contributed by atoms with Crippen LogP contribution in [-0.4, -0.2) is 15.4 Å². The Morgan fingerprint density at radius 3 is 2.72 bits per heavy atom. The van der Waals surface area contributed by atoms with Gasteiger partial charge in [0.2, 0.25) is 0 Å². The summed E-state index contributed by atoms with van der Waals surface area (Å²) in [4.78, 5) is 27.5. The molecule has 0 fully saturated rings. The zero-order chi connectivity index (χ0) is 18.1. The van der Waals surface area contributed by atoms with E-state index < -0.39 is 10.8 Å². The third-order valence-corrected chi connectivity index (χ3v) is 5.07. The van der Waals surface area contributed by atoms with Crippen LogP contribution in [0, 0.1) is 10.1 Å². The van der Waals surface area contributed by atoms with Crippen molar-refractivity contribution in [3.8, 4) is 0 Å². The van der Waals surface area contributed by atoms with E-state index in [0.29, 0.717) is 21.4 Å². The number of carbonyl (C=O) groups excluding carboxylic acids is 1. The van der Waals surface area contributed by atoms with Crippen LogP contribution in [0.15, 0.2) is 41.4 Å². The number of aromatic nitrogens is 1. The number of hydrogen-bond donors (Lipinski definition) is 0. The quantitative estimate of drug-likeness (QED) is 0.477. The van der Waals surface area contributed by atoms with Crippen molar-refractivity contribution in [2.24, 2.45) is 4.99 Å². The molecule has 0 N–H and O–H groups in total. The maximum Gasteiger partial charge on any atom is 0.286 e. The van der Waals surface area contributed by atoms with Crippen LogP contribution in [0.1, 0.15) is 17.3 Å². The minimum atomic E-state index is -0.678. The van der Waals surface area contributed by atoms with Gasteiger partial charge in [0.1, 0.15) is 5.56 Å². The van der Waals surface area contributed by atoms with Crippen LogP contribution in [0.2, 0.25) is 10.0 Å². The van der Waals surface area contributed by atoms with Crippen molar-refractivity contribution in [2.45, 2.75) is 13.5 Å². The number of carbonyl (C=O) groups is 1. The first kappa shape index (κ1) is 17.6. The molecule has 3 aromatic rings. The summed E-state index contributed by atoms with van der Waals surface area (Å²) in [7, 11) is 0. The highest BCUT2D eigenvalue weighted by Crippen LogP contribution is 2.29. The van der Waals surface area contributed by atoms with Gasteiger partial charge in [0, 0.05) is 17.6 Å².